The molecule has 0 spiro atoms. The van der Waals surface area contributed by atoms with Gasteiger partial charge in [0.2, 0.25) is 0 Å². The highest BCUT2D eigenvalue weighted by Crippen LogP contribution is 2.35. The summed E-state index contributed by atoms with van der Waals surface area (Å²) in [4.78, 5) is 11.9. The second kappa shape index (κ2) is 5.79. The molecule has 0 heterocycles. The molecule has 0 aromatic heterocycles. The molecule has 0 saturated heterocycles. The molecule has 1 atom stereocenters. The number of hydrogen-bond donors (Lipinski definition) is 0. The maximum Gasteiger partial charge on any atom is 0.387 e. The summed E-state index contributed by atoms with van der Waals surface area (Å²) in [6.45, 7) is -2.88. The smallest absolute Gasteiger partial charge is 0.387 e. The molecular formula is C14H13F2NO2. The number of halogens is 2. The number of ether oxygens (including phenoxy) is 1. The molecule has 3 nitrogen and oxygen atoms in total. The lowest BCUT2D eigenvalue weighted by atomic mass is 9.93. The molecule has 5 heteroatoms. The van der Waals surface area contributed by atoms with Crippen LogP contribution in [-0.4, -0.2) is 12.4 Å². The van der Waals surface area contributed by atoms with E-state index in [1.165, 1.54) is 24.3 Å². The average Bonchev–Trinajstić information content (AvgIpc) is 3.15. The minimum absolute atomic E-state index is 0.0186. The van der Waals surface area contributed by atoms with Crippen LogP contribution in [0.15, 0.2) is 24.3 Å². The van der Waals surface area contributed by atoms with E-state index >= 15 is 0 Å². The quantitative estimate of drug-likeness (QED) is 0.793. The summed E-state index contributed by atoms with van der Waals surface area (Å²) in [7, 11) is 0. The van der Waals surface area contributed by atoms with Crippen molar-refractivity contribution in [2.75, 3.05) is 0 Å². The summed E-state index contributed by atoms with van der Waals surface area (Å²) < 4.78 is 28.2. The van der Waals surface area contributed by atoms with E-state index in [9.17, 15) is 13.6 Å². The van der Waals surface area contributed by atoms with Gasteiger partial charge in [0.15, 0.2) is 5.78 Å². The van der Waals surface area contributed by atoms with Crippen molar-refractivity contribution in [1.29, 1.82) is 5.26 Å². The fourth-order valence-electron chi connectivity index (χ4n) is 1.90. The minimum atomic E-state index is -2.88. The number of hydrogen-bond acceptors (Lipinski definition) is 3. The molecule has 2 rings (SSSR count). The molecule has 1 aromatic carbocycles. The molecule has 19 heavy (non-hydrogen) atoms. The van der Waals surface area contributed by atoms with Gasteiger partial charge < -0.3 is 4.74 Å². The highest BCUT2D eigenvalue weighted by molar-refractivity contribution is 5.88. The largest absolute Gasteiger partial charge is 0.435 e. The number of benzene rings is 1. The van der Waals surface area contributed by atoms with Crippen LogP contribution in [0.25, 0.3) is 0 Å². The zero-order valence-electron chi connectivity index (χ0n) is 10.2. The summed E-state index contributed by atoms with van der Waals surface area (Å²) >= 11 is 0. The van der Waals surface area contributed by atoms with Crippen molar-refractivity contribution in [2.45, 2.75) is 31.8 Å². The molecule has 0 N–H and O–H groups in total. The van der Waals surface area contributed by atoms with Crippen LogP contribution in [0.5, 0.6) is 5.75 Å². The summed E-state index contributed by atoms with van der Waals surface area (Å²) in [5.41, 5.74) is 0.523. The van der Waals surface area contributed by atoms with Crippen LogP contribution in [0.4, 0.5) is 8.78 Å². The predicted molar refractivity (Wildman–Crippen MR) is 63.8 cm³/mol. The number of alkyl halides is 2. The van der Waals surface area contributed by atoms with Gasteiger partial charge in [-0.25, -0.2) is 0 Å². The number of Topliss-reactive ketones (excluding diaryl/α,β-unsaturated/α-hetero) is 1. The first-order valence-electron chi connectivity index (χ1n) is 6.07. The number of carbonyl (C=O) groups excluding carboxylic acids is 1. The molecule has 1 unspecified atom stereocenters. The van der Waals surface area contributed by atoms with E-state index < -0.39 is 12.5 Å². The topological polar surface area (TPSA) is 50.1 Å². The van der Waals surface area contributed by atoms with E-state index in [-0.39, 0.29) is 11.5 Å². The summed E-state index contributed by atoms with van der Waals surface area (Å²) in [6.07, 6.45) is 2.52. The van der Waals surface area contributed by atoms with Crippen LogP contribution in [-0.2, 0) is 4.79 Å². The van der Waals surface area contributed by atoms with Crippen molar-refractivity contribution in [3.63, 3.8) is 0 Å². The Morgan fingerprint density at radius 3 is 2.47 bits per heavy atom. The fraction of sp³-hybridized carbons (Fsp3) is 0.429. The highest BCUT2D eigenvalue weighted by Gasteiger charge is 2.29. The first-order chi connectivity index (χ1) is 9.10. The van der Waals surface area contributed by atoms with Gasteiger partial charge in [-0.15, -0.1) is 0 Å². The number of carbonyl (C=O) groups is 1. The number of ketones is 1. The summed E-state index contributed by atoms with van der Waals surface area (Å²) in [5, 5.41) is 9.08. The minimum Gasteiger partial charge on any atom is -0.435 e. The molecule has 1 aliphatic rings. The molecule has 0 amide bonds. The average molecular weight is 265 g/mol. The van der Waals surface area contributed by atoms with E-state index in [1.54, 1.807) is 0 Å². The molecule has 0 aliphatic heterocycles. The van der Waals surface area contributed by atoms with E-state index in [4.69, 9.17) is 5.26 Å². The molecule has 0 radical (unpaired) electrons. The first-order valence-corrected chi connectivity index (χ1v) is 6.07. The van der Waals surface area contributed by atoms with Crippen LogP contribution >= 0.6 is 0 Å². The monoisotopic (exact) mass is 265 g/mol. The SMILES string of the molecule is N#CC(C(=O)CC1CC1)c1ccc(OC(F)F)cc1. The first kappa shape index (κ1) is 13.5. The van der Waals surface area contributed by atoms with Crippen LogP contribution in [0.1, 0.15) is 30.7 Å². The van der Waals surface area contributed by atoms with Gasteiger partial charge >= 0.3 is 6.61 Å². The predicted octanol–water partition coefficient (Wildman–Crippen LogP) is 3.26. The van der Waals surface area contributed by atoms with E-state index in [0.29, 0.717) is 17.9 Å². The van der Waals surface area contributed by atoms with Gasteiger partial charge in [0.05, 0.1) is 6.07 Å². The highest BCUT2D eigenvalue weighted by atomic mass is 19.3. The van der Waals surface area contributed by atoms with Crippen molar-refractivity contribution in [3.05, 3.63) is 29.8 Å². The van der Waals surface area contributed by atoms with Crippen LogP contribution < -0.4 is 4.74 Å². The summed E-state index contributed by atoms with van der Waals surface area (Å²) in [6, 6.07) is 7.63. The third-order valence-corrected chi connectivity index (χ3v) is 3.08. The van der Waals surface area contributed by atoms with Gasteiger partial charge in [0.25, 0.3) is 0 Å². The Labute approximate surface area is 109 Å². The Morgan fingerprint density at radius 2 is 2.00 bits per heavy atom. The van der Waals surface area contributed by atoms with Crippen molar-refractivity contribution >= 4 is 5.78 Å². The van der Waals surface area contributed by atoms with Crippen molar-refractivity contribution in [2.24, 2.45) is 5.92 Å². The van der Waals surface area contributed by atoms with Crippen LogP contribution in [0.3, 0.4) is 0 Å². The zero-order chi connectivity index (χ0) is 13.8. The Kier molecular flexibility index (Phi) is 4.10. The molecule has 1 aromatic rings. The van der Waals surface area contributed by atoms with Gasteiger partial charge in [0, 0.05) is 6.42 Å². The van der Waals surface area contributed by atoms with Crippen molar-refractivity contribution in [1.82, 2.24) is 0 Å². The standard InChI is InChI=1S/C14H13F2NO2/c15-14(16)19-11-5-3-10(4-6-11)12(8-17)13(18)7-9-1-2-9/h3-6,9,12,14H,1-2,7H2. The fourth-order valence-corrected chi connectivity index (χ4v) is 1.90. The Hall–Kier alpha value is -1.96. The molecule has 1 saturated carbocycles. The second-order valence-electron chi connectivity index (χ2n) is 4.62. The molecular weight excluding hydrogens is 252 g/mol. The second-order valence-corrected chi connectivity index (χ2v) is 4.62. The Morgan fingerprint density at radius 1 is 1.37 bits per heavy atom. The number of nitrogens with zero attached hydrogens (tertiary/aromatic N) is 1. The van der Waals surface area contributed by atoms with Gasteiger partial charge in [-0.1, -0.05) is 12.1 Å². The maximum atomic E-state index is 12.0. The lowest BCUT2D eigenvalue weighted by Gasteiger charge is -2.09. The van der Waals surface area contributed by atoms with Gasteiger partial charge in [-0.2, -0.15) is 14.0 Å². The zero-order valence-corrected chi connectivity index (χ0v) is 10.2. The van der Waals surface area contributed by atoms with Gasteiger partial charge in [-0.3, -0.25) is 4.79 Å². The molecule has 1 aliphatic carbocycles. The Balaban J connectivity index is 2.05. The normalized spacial score (nSPS) is 15.9. The lowest BCUT2D eigenvalue weighted by molar-refractivity contribution is -0.119. The maximum absolute atomic E-state index is 12.0. The van der Waals surface area contributed by atoms with Crippen molar-refractivity contribution in [3.8, 4) is 11.8 Å². The van der Waals surface area contributed by atoms with Crippen LogP contribution in [0.2, 0.25) is 0 Å². The van der Waals surface area contributed by atoms with E-state index in [2.05, 4.69) is 4.74 Å². The molecule has 1 fully saturated rings. The lowest BCUT2D eigenvalue weighted by Crippen LogP contribution is -2.11. The van der Waals surface area contributed by atoms with Crippen LogP contribution in [0, 0.1) is 17.2 Å². The number of nitriles is 1. The van der Waals surface area contributed by atoms with Crippen molar-refractivity contribution < 1.29 is 18.3 Å². The van der Waals surface area contributed by atoms with Gasteiger partial charge in [-0.05, 0) is 36.5 Å². The Bertz CT molecular complexity index is 489. The number of rotatable bonds is 6. The third-order valence-electron chi connectivity index (χ3n) is 3.08. The molecule has 0 bridgehead atoms. The summed E-state index contributed by atoms with van der Waals surface area (Å²) in [5.74, 6) is -0.483. The third kappa shape index (κ3) is 3.75. The van der Waals surface area contributed by atoms with E-state index in [1.807, 2.05) is 6.07 Å². The molecule has 100 valence electrons. The van der Waals surface area contributed by atoms with Gasteiger partial charge in [0.1, 0.15) is 11.7 Å². The van der Waals surface area contributed by atoms with E-state index in [0.717, 1.165) is 12.8 Å².